The first-order valence-corrected chi connectivity index (χ1v) is 6.37. The van der Waals surface area contributed by atoms with Crippen molar-refractivity contribution in [3.05, 3.63) is 0 Å². The highest BCUT2D eigenvalue weighted by Gasteiger charge is 2.59. The Labute approximate surface area is 102 Å². The number of nitrogens with zero attached hydrogens (tertiary/aromatic N) is 1. The molecule has 2 rings (SSSR count). The van der Waals surface area contributed by atoms with Crippen molar-refractivity contribution in [1.29, 1.82) is 0 Å². The third kappa shape index (κ3) is 1.48. The fraction of sp³-hybridized carbons (Fsp3) is 0.833. The first kappa shape index (κ1) is 11.9. The lowest BCUT2D eigenvalue weighted by molar-refractivity contribution is -0.118. The van der Waals surface area contributed by atoms with Crippen LogP contribution >= 0.6 is 11.6 Å². The van der Waals surface area contributed by atoms with E-state index in [1.54, 1.807) is 0 Å². The van der Waals surface area contributed by atoms with Crippen molar-refractivity contribution in [2.75, 3.05) is 5.88 Å². The number of rotatable bonds is 2. The second-order valence-electron chi connectivity index (χ2n) is 5.72. The van der Waals surface area contributed by atoms with E-state index in [4.69, 9.17) is 11.6 Å². The van der Waals surface area contributed by atoms with Crippen molar-refractivity contribution in [2.45, 2.75) is 40.0 Å². The van der Waals surface area contributed by atoms with Gasteiger partial charge >= 0.3 is 0 Å². The maximum atomic E-state index is 11.1. The Balaban J connectivity index is 2.18. The molecule has 2 saturated carbocycles. The van der Waals surface area contributed by atoms with Gasteiger partial charge in [0, 0.05) is 11.1 Å². The molecule has 0 aromatic carbocycles. The Morgan fingerprint density at radius 2 is 2.25 bits per heavy atom. The summed E-state index contributed by atoms with van der Waals surface area (Å²) in [6.07, 6.45) is 3.48. The van der Waals surface area contributed by atoms with E-state index in [9.17, 15) is 4.79 Å². The minimum Gasteiger partial charge on any atom is -0.272 e. The Morgan fingerprint density at radius 1 is 1.56 bits per heavy atom. The number of fused-ring (bicyclic) bond motifs is 2. The van der Waals surface area contributed by atoms with Gasteiger partial charge in [-0.25, -0.2) is 5.43 Å². The van der Waals surface area contributed by atoms with Gasteiger partial charge in [-0.05, 0) is 30.6 Å². The summed E-state index contributed by atoms with van der Waals surface area (Å²) in [6.45, 7) is 6.90. The molecule has 2 fully saturated rings. The van der Waals surface area contributed by atoms with Crippen molar-refractivity contribution >= 4 is 23.2 Å². The minimum absolute atomic E-state index is 0.0275. The molecular formula is C12H19ClN2O. The summed E-state index contributed by atoms with van der Waals surface area (Å²) in [7, 11) is 0. The second kappa shape index (κ2) is 3.73. The molecule has 0 saturated heterocycles. The van der Waals surface area contributed by atoms with Crippen LogP contribution in [-0.2, 0) is 4.79 Å². The molecule has 0 aliphatic heterocycles. The standard InChI is InChI=1S/C12H19ClN2O/c1-11(2)8-4-5-12(11,3)9(6-8)14-15-10(16)7-13/h8H,4-7H2,1-3H3,(H,15,16)/b14-9-/t8-,12-/m0/s1. The molecular weight excluding hydrogens is 224 g/mol. The highest BCUT2D eigenvalue weighted by Crippen LogP contribution is 2.63. The monoisotopic (exact) mass is 242 g/mol. The Hall–Kier alpha value is -0.570. The van der Waals surface area contributed by atoms with Crippen LogP contribution in [-0.4, -0.2) is 17.5 Å². The summed E-state index contributed by atoms with van der Waals surface area (Å²) in [5, 5.41) is 4.28. The Bertz CT molecular complexity index is 351. The highest BCUT2D eigenvalue weighted by atomic mass is 35.5. The summed E-state index contributed by atoms with van der Waals surface area (Å²) in [5.74, 6) is 0.461. The van der Waals surface area contributed by atoms with Crippen LogP contribution in [0, 0.1) is 16.7 Å². The molecule has 4 heteroatoms. The molecule has 2 bridgehead atoms. The zero-order chi connectivity index (χ0) is 12.0. The molecule has 0 radical (unpaired) electrons. The van der Waals surface area contributed by atoms with Crippen LogP contribution in [0.4, 0.5) is 0 Å². The van der Waals surface area contributed by atoms with E-state index in [2.05, 4.69) is 31.3 Å². The number of alkyl halides is 1. The van der Waals surface area contributed by atoms with Crippen LogP contribution in [0.25, 0.3) is 0 Å². The fourth-order valence-corrected chi connectivity index (χ4v) is 3.32. The lowest BCUT2D eigenvalue weighted by Gasteiger charge is -2.34. The quantitative estimate of drug-likeness (QED) is 0.587. The lowest BCUT2D eigenvalue weighted by atomic mass is 9.70. The van der Waals surface area contributed by atoms with Crippen molar-refractivity contribution in [1.82, 2.24) is 5.43 Å². The van der Waals surface area contributed by atoms with Gasteiger partial charge < -0.3 is 0 Å². The van der Waals surface area contributed by atoms with Gasteiger partial charge in [-0.1, -0.05) is 20.8 Å². The lowest BCUT2D eigenvalue weighted by Crippen LogP contribution is -2.34. The van der Waals surface area contributed by atoms with E-state index in [0.717, 1.165) is 12.1 Å². The smallest absolute Gasteiger partial charge is 0.254 e. The molecule has 2 aliphatic rings. The van der Waals surface area contributed by atoms with Gasteiger partial charge in [-0.3, -0.25) is 4.79 Å². The highest BCUT2D eigenvalue weighted by molar-refractivity contribution is 6.27. The molecule has 2 atom stereocenters. The van der Waals surface area contributed by atoms with E-state index in [0.29, 0.717) is 11.3 Å². The average Bonchev–Trinajstić information content (AvgIpc) is 2.58. The maximum absolute atomic E-state index is 11.1. The van der Waals surface area contributed by atoms with Gasteiger partial charge in [-0.2, -0.15) is 5.10 Å². The van der Waals surface area contributed by atoms with E-state index >= 15 is 0 Å². The second-order valence-corrected chi connectivity index (χ2v) is 5.99. The van der Waals surface area contributed by atoms with Crippen LogP contribution in [0.15, 0.2) is 5.10 Å². The number of amides is 1. The van der Waals surface area contributed by atoms with E-state index < -0.39 is 0 Å². The summed E-state index contributed by atoms with van der Waals surface area (Å²) >= 11 is 5.43. The third-order valence-corrected chi connectivity index (χ3v) is 5.19. The van der Waals surface area contributed by atoms with Gasteiger partial charge in [-0.15, -0.1) is 11.6 Å². The zero-order valence-corrected chi connectivity index (χ0v) is 10.9. The number of hydrogen-bond acceptors (Lipinski definition) is 2. The zero-order valence-electron chi connectivity index (χ0n) is 10.1. The first-order valence-electron chi connectivity index (χ1n) is 5.83. The summed E-state index contributed by atoms with van der Waals surface area (Å²) < 4.78 is 0. The predicted octanol–water partition coefficient (Wildman–Crippen LogP) is 2.54. The van der Waals surface area contributed by atoms with Crippen LogP contribution in [0.5, 0.6) is 0 Å². The molecule has 90 valence electrons. The molecule has 0 unspecified atom stereocenters. The molecule has 0 spiro atoms. The van der Waals surface area contributed by atoms with E-state index in [-0.39, 0.29) is 17.2 Å². The Kier molecular flexibility index (Phi) is 2.77. The van der Waals surface area contributed by atoms with E-state index in [1.165, 1.54) is 12.8 Å². The fourth-order valence-electron chi connectivity index (χ4n) is 3.26. The summed E-state index contributed by atoms with van der Waals surface area (Å²) in [4.78, 5) is 11.1. The van der Waals surface area contributed by atoms with Crippen LogP contribution in [0.2, 0.25) is 0 Å². The number of hydrazone groups is 1. The van der Waals surface area contributed by atoms with Gasteiger partial charge in [0.05, 0.1) is 0 Å². The molecule has 3 nitrogen and oxygen atoms in total. The molecule has 0 aromatic rings. The summed E-state index contributed by atoms with van der Waals surface area (Å²) in [5.41, 5.74) is 4.14. The normalized spacial score (nSPS) is 38.0. The molecule has 16 heavy (non-hydrogen) atoms. The first-order chi connectivity index (χ1) is 7.41. The van der Waals surface area contributed by atoms with E-state index in [1.807, 2.05) is 0 Å². The van der Waals surface area contributed by atoms with Gasteiger partial charge in [0.25, 0.3) is 5.91 Å². The van der Waals surface area contributed by atoms with Crippen molar-refractivity contribution in [3.63, 3.8) is 0 Å². The van der Waals surface area contributed by atoms with Crippen molar-refractivity contribution in [2.24, 2.45) is 21.8 Å². The maximum Gasteiger partial charge on any atom is 0.254 e. The van der Waals surface area contributed by atoms with Gasteiger partial charge in [0.2, 0.25) is 0 Å². The molecule has 2 aliphatic carbocycles. The van der Waals surface area contributed by atoms with Crippen molar-refractivity contribution < 1.29 is 4.79 Å². The van der Waals surface area contributed by atoms with Crippen LogP contribution in [0.3, 0.4) is 0 Å². The largest absolute Gasteiger partial charge is 0.272 e. The SMILES string of the molecule is CC1(C)[C@H]2CC[C@@]1(C)/C(=N\NC(=O)CCl)C2. The number of hydrogen-bond donors (Lipinski definition) is 1. The number of carbonyl (C=O) groups is 1. The third-order valence-electron chi connectivity index (χ3n) is 4.95. The number of carbonyl (C=O) groups excluding carboxylic acids is 1. The average molecular weight is 243 g/mol. The van der Waals surface area contributed by atoms with Gasteiger partial charge in [0.15, 0.2) is 0 Å². The van der Waals surface area contributed by atoms with Crippen LogP contribution < -0.4 is 5.43 Å². The topological polar surface area (TPSA) is 41.5 Å². The number of nitrogens with one attached hydrogen (secondary N) is 1. The summed E-state index contributed by atoms with van der Waals surface area (Å²) in [6, 6.07) is 0. The Morgan fingerprint density at radius 3 is 2.69 bits per heavy atom. The molecule has 1 amide bonds. The van der Waals surface area contributed by atoms with Crippen molar-refractivity contribution in [3.8, 4) is 0 Å². The number of halogens is 1. The van der Waals surface area contributed by atoms with Gasteiger partial charge in [0.1, 0.15) is 5.88 Å². The molecule has 0 aromatic heterocycles. The minimum atomic E-state index is -0.224. The molecule has 1 N–H and O–H groups in total. The predicted molar refractivity (Wildman–Crippen MR) is 65.5 cm³/mol. The van der Waals surface area contributed by atoms with Crippen LogP contribution in [0.1, 0.15) is 40.0 Å². The molecule has 0 heterocycles.